The van der Waals surface area contributed by atoms with Gasteiger partial charge in [0.05, 0.1) is 11.0 Å². The summed E-state index contributed by atoms with van der Waals surface area (Å²) in [6.45, 7) is 0.948. The van der Waals surface area contributed by atoms with Gasteiger partial charge in [-0.05, 0) is 31.4 Å². The Morgan fingerprint density at radius 2 is 2.11 bits per heavy atom. The molecule has 2 fully saturated rings. The standard InChI is InChI=1S/C13H16BrN3O2/c14-8-1-4-10(12(7-8)17(18)19)13-11(15)5-6-16(13)9-2-3-9/h1,4,7,9,11,13H,2-3,5-6,15H2. The van der Waals surface area contributed by atoms with Crippen molar-refractivity contribution >= 4 is 21.6 Å². The van der Waals surface area contributed by atoms with Crippen molar-refractivity contribution in [1.29, 1.82) is 0 Å². The molecule has 1 aromatic rings. The van der Waals surface area contributed by atoms with Crippen LogP contribution >= 0.6 is 15.9 Å². The summed E-state index contributed by atoms with van der Waals surface area (Å²) >= 11 is 3.30. The quantitative estimate of drug-likeness (QED) is 0.684. The highest BCUT2D eigenvalue weighted by Crippen LogP contribution is 2.43. The number of benzene rings is 1. The van der Waals surface area contributed by atoms with Crippen molar-refractivity contribution in [1.82, 2.24) is 4.90 Å². The van der Waals surface area contributed by atoms with Crippen LogP contribution < -0.4 is 5.73 Å². The van der Waals surface area contributed by atoms with Crippen LogP contribution in [0.1, 0.15) is 30.9 Å². The zero-order valence-corrected chi connectivity index (χ0v) is 12.0. The van der Waals surface area contributed by atoms with Gasteiger partial charge in [0.25, 0.3) is 5.69 Å². The van der Waals surface area contributed by atoms with Gasteiger partial charge in [-0.3, -0.25) is 15.0 Å². The summed E-state index contributed by atoms with van der Waals surface area (Å²) < 4.78 is 0.729. The Morgan fingerprint density at radius 3 is 2.74 bits per heavy atom. The van der Waals surface area contributed by atoms with Gasteiger partial charge in [0.1, 0.15) is 0 Å². The Labute approximate surface area is 120 Å². The van der Waals surface area contributed by atoms with E-state index in [1.54, 1.807) is 6.07 Å². The fraction of sp³-hybridized carbons (Fsp3) is 0.538. The van der Waals surface area contributed by atoms with E-state index in [2.05, 4.69) is 20.8 Å². The van der Waals surface area contributed by atoms with E-state index in [4.69, 9.17) is 5.73 Å². The molecule has 6 heteroatoms. The number of hydrogen-bond acceptors (Lipinski definition) is 4. The first kappa shape index (κ1) is 13.0. The largest absolute Gasteiger partial charge is 0.326 e. The molecule has 2 N–H and O–H groups in total. The van der Waals surface area contributed by atoms with E-state index in [1.165, 1.54) is 12.8 Å². The molecular formula is C13H16BrN3O2. The Morgan fingerprint density at radius 1 is 1.37 bits per heavy atom. The van der Waals surface area contributed by atoms with Gasteiger partial charge in [0.15, 0.2) is 0 Å². The van der Waals surface area contributed by atoms with Crippen molar-refractivity contribution in [2.24, 2.45) is 5.73 Å². The summed E-state index contributed by atoms with van der Waals surface area (Å²) in [6.07, 6.45) is 3.29. The smallest absolute Gasteiger partial charge is 0.275 e. The maximum Gasteiger partial charge on any atom is 0.275 e. The fourth-order valence-electron chi connectivity index (χ4n) is 2.99. The van der Waals surface area contributed by atoms with Gasteiger partial charge in [-0.2, -0.15) is 0 Å². The van der Waals surface area contributed by atoms with E-state index in [1.807, 2.05) is 12.1 Å². The van der Waals surface area contributed by atoms with Crippen LogP contribution in [-0.4, -0.2) is 28.5 Å². The SMILES string of the molecule is NC1CCN(C2CC2)C1c1ccc(Br)cc1[N+](=O)[O-]. The Balaban J connectivity index is 2.02. The molecule has 1 aliphatic carbocycles. The first-order chi connectivity index (χ1) is 9.08. The van der Waals surface area contributed by atoms with Gasteiger partial charge < -0.3 is 5.73 Å². The average molecular weight is 326 g/mol. The van der Waals surface area contributed by atoms with Crippen LogP contribution in [0.3, 0.4) is 0 Å². The number of rotatable bonds is 3. The molecule has 0 amide bonds. The summed E-state index contributed by atoms with van der Waals surface area (Å²) in [5.41, 5.74) is 7.12. The second kappa shape index (κ2) is 4.85. The Hall–Kier alpha value is -0.980. The molecule has 0 aromatic heterocycles. The average Bonchev–Trinajstić information content (AvgIpc) is 3.13. The first-order valence-corrected chi connectivity index (χ1v) is 7.32. The van der Waals surface area contributed by atoms with Gasteiger partial charge in [-0.1, -0.05) is 15.9 Å². The molecule has 1 saturated carbocycles. The zero-order valence-electron chi connectivity index (χ0n) is 10.5. The first-order valence-electron chi connectivity index (χ1n) is 6.53. The van der Waals surface area contributed by atoms with Crippen molar-refractivity contribution in [2.75, 3.05) is 6.54 Å². The van der Waals surface area contributed by atoms with E-state index in [-0.39, 0.29) is 22.7 Å². The maximum absolute atomic E-state index is 11.3. The van der Waals surface area contributed by atoms with Gasteiger partial charge in [-0.25, -0.2) is 0 Å². The number of likely N-dealkylation sites (tertiary alicyclic amines) is 1. The lowest BCUT2D eigenvalue weighted by atomic mass is 9.99. The van der Waals surface area contributed by atoms with Crippen LogP contribution in [0.2, 0.25) is 0 Å². The zero-order chi connectivity index (χ0) is 13.6. The molecule has 3 rings (SSSR count). The van der Waals surface area contributed by atoms with Crippen molar-refractivity contribution in [3.8, 4) is 0 Å². The third-order valence-electron chi connectivity index (χ3n) is 4.01. The number of nitro benzene ring substituents is 1. The summed E-state index contributed by atoms with van der Waals surface area (Å²) in [5.74, 6) is 0. The van der Waals surface area contributed by atoms with Crippen LogP contribution in [0.15, 0.2) is 22.7 Å². The molecule has 0 spiro atoms. The number of halogens is 1. The molecule has 1 heterocycles. The lowest BCUT2D eigenvalue weighted by Crippen LogP contribution is -2.33. The minimum absolute atomic E-state index is 0.0130. The molecule has 0 radical (unpaired) electrons. The number of nitro groups is 1. The summed E-state index contributed by atoms with van der Waals surface area (Å²) in [6, 6.07) is 5.82. The molecule has 1 aliphatic heterocycles. The molecular weight excluding hydrogens is 310 g/mol. The Kier molecular flexibility index (Phi) is 3.32. The number of hydrogen-bond donors (Lipinski definition) is 1. The van der Waals surface area contributed by atoms with Crippen molar-refractivity contribution in [3.05, 3.63) is 38.3 Å². The maximum atomic E-state index is 11.3. The Bertz CT molecular complexity index is 519. The van der Waals surface area contributed by atoms with E-state index in [0.717, 1.165) is 23.0 Å². The van der Waals surface area contributed by atoms with Crippen LogP contribution in [0.4, 0.5) is 5.69 Å². The van der Waals surface area contributed by atoms with Crippen LogP contribution in [0.25, 0.3) is 0 Å². The van der Waals surface area contributed by atoms with Crippen LogP contribution in [0, 0.1) is 10.1 Å². The highest BCUT2D eigenvalue weighted by Gasteiger charge is 2.43. The molecule has 1 saturated heterocycles. The second-order valence-electron chi connectivity index (χ2n) is 5.33. The minimum atomic E-state index is -0.309. The molecule has 2 aliphatic rings. The number of nitrogens with zero attached hydrogens (tertiary/aromatic N) is 2. The summed E-state index contributed by atoms with van der Waals surface area (Å²) in [4.78, 5) is 13.3. The molecule has 5 nitrogen and oxygen atoms in total. The van der Waals surface area contributed by atoms with Gasteiger partial charge >= 0.3 is 0 Å². The highest BCUT2D eigenvalue weighted by molar-refractivity contribution is 9.10. The van der Waals surface area contributed by atoms with Crippen molar-refractivity contribution in [3.63, 3.8) is 0 Å². The molecule has 19 heavy (non-hydrogen) atoms. The van der Waals surface area contributed by atoms with E-state index in [9.17, 15) is 10.1 Å². The van der Waals surface area contributed by atoms with Crippen molar-refractivity contribution < 1.29 is 4.92 Å². The molecule has 2 unspecified atom stereocenters. The summed E-state index contributed by atoms with van der Waals surface area (Å²) in [5, 5.41) is 11.3. The molecule has 2 atom stereocenters. The van der Waals surface area contributed by atoms with E-state index < -0.39 is 0 Å². The molecule has 0 bridgehead atoms. The van der Waals surface area contributed by atoms with E-state index in [0.29, 0.717) is 6.04 Å². The second-order valence-corrected chi connectivity index (χ2v) is 6.24. The lowest BCUT2D eigenvalue weighted by molar-refractivity contribution is -0.386. The highest BCUT2D eigenvalue weighted by atomic mass is 79.9. The van der Waals surface area contributed by atoms with Gasteiger partial charge in [-0.15, -0.1) is 0 Å². The fourth-order valence-corrected chi connectivity index (χ4v) is 3.34. The minimum Gasteiger partial charge on any atom is -0.326 e. The predicted octanol–water partition coefficient (Wildman–Crippen LogP) is 2.59. The molecule has 102 valence electrons. The predicted molar refractivity (Wildman–Crippen MR) is 75.9 cm³/mol. The molecule has 1 aromatic carbocycles. The summed E-state index contributed by atoms with van der Waals surface area (Å²) in [7, 11) is 0. The van der Waals surface area contributed by atoms with Crippen LogP contribution in [-0.2, 0) is 0 Å². The third kappa shape index (κ3) is 2.40. The topological polar surface area (TPSA) is 72.4 Å². The van der Waals surface area contributed by atoms with Gasteiger partial charge in [0.2, 0.25) is 0 Å². The normalized spacial score (nSPS) is 27.7. The number of nitrogens with two attached hydrogens (primary N) is 1. The monoisotopic (exact) mass is 325 g/mol. The van der Waals surface area contributed by atoms with Crippen molar-refractivity contribution in [2.45, 2.75) is 37.4 Å². The van der Waals surface area contributed by atoms with Crippen LogP contribution in [0.5, 0.6) is 0 Å². The third-order valence-corrected chi connectivity index (χ3v) is 4.50. The van der Waals surface area contributed by atoms with Gasteiger partial charge in [0, 0.05) is 34.7 Å². The lowest BCUT2D eigenvalue weighted by Gasteiger charge is -2.26. The van der Waals surface area contributed by atoms with E-state index >= 15 is 0 Å².